The summed E-state index contributed by atoms with van der Waals surface area (Å²) in [6.07, 6.45) is 8.26. The Balaban J connectivity index is 0.00000784. The van der Waals surface area contributed by atoms with E-state index in [1.165, 1.54) is 37.5 Å². The number of amides is 1. The maximum atomic E-state index is 11.8. The molecule has 1 aromatic carbocycles. The van der Waals surface area contributed by atoms with Gasteiger partial charge < -0.3 is 14.6 Å². The number of carbonyl (C=O) groups is 2. The van der Waals surface area contributed by atoms with Gasteiger partial charge in [-0.05, 0) is 31.4 Å². The van der Waals surface area contributed by atoms with Gasteiger partial charge in [0.15, 0.2) is 0 Å². The Kier molecular flexibility index (Phi) is 15.3. The molecule has 0 heterocycles. The van der Waals surface area contributed by atoms with Crippen molar-refractivity contribution in [2.24, 2.45) is 0 Å². The molecular formula is C20H30NNaO6S. The number of hydrogen-bond acceptors (Lipinski definition) is 6. The van der Waals surface area contributed by atoms with Gasteiger partial charge >= 0.3 is 35.5 Å². The predicted octanol–water partition coefficient (Wildman–Crippen LogP) is 0.537. The van der Waals surface area contributed by atoms with Gasteiger partial charge in [0, 0.05) is 19.4 Å². The van der Waals surface area contributed by atoms with Crippen LogP contribution in [0.15, 0.2) is 29.2 Å². The van der Waals surface area contributed by atoms with Crippen molar-refractivity contribution in [3.8, 4) is 5.75 Å². The molecule has 0 aliphatic carbocycles. The van der Waals surface area contributed by atoms with Crippen molar-refractivity contribution >= 4 is 22.0 Å². The molecule has 0 radical (unpaired) electrons. The quantitative estimate of drug-likeness (QED) is 0.150. The van der Waals surface area contributed by atoms with Crippen molar-refractivity contribution in [3.63, 3.8) is 0 Å². The van der Waals surface area contributed by atoms with Crippen molar-refractivity contribution in [1.82, 2.24) is 5.32 Å². The van der Waals surface area contributed by atoms with Gasteiger partial charge in [0.05, 0.1) is 4.90 Å². The first-order valence-electron chi connectivity index (χ1n) is 9.87. The summed E-state index contributed by atoms with van der Waals surface area (Å²) in [4.78, 5) is 23.0. The normalized spacial score (nSPS) is 10.8. The monoisotopic (exact) mass is 435 g/mol. The first-order chi connectivity index (χ1) is 13.3. The van der Waals surface area contributed by atoms with Crippen LogP contribution in [0.5, 0.6) is 5.75 Å². The fourth-order valence-corrected chi connectivity index (χ4v) is 3.29. The van der Waals surface area contributed by atoms with E-state index in [9.17, 15) is 22.6 Å². The third kappa shape index (κ3) is 13.1. The molecule has 158 valence electrons. The fourth-order valence-electron chi connectivity index (χ4n) is 2.69. The van der Waals surface area contributed by atoms with E-state index in [1.54, 1.807) is 0 Å². The van der Waals surface area contributed by atoms with Gasteiger partial charge in [-0.3, -0.25) is 9.59 Å². The number of para-hydroxylation sites is 1. The van der Waals surface area contributed by atoms with E-state index in [0.717, 1.165) is 31.7 Å². The predicted molar refractivity (Wildman–Crippen MR) is 105 cm³/mol. The second-order valence-corrected chi connectivity index (χ2v) is 8.05. The summed E-state index contributed by atoms with van der Waals surface area (Å²) in [7, 11) is -4.70. The number of unbranched alkanes of at least 4 members (excludes halogenated alkanes) is 6. The molecule has 7 nitrogen and oxygen atoms in total. The minimum atomic E-state index is -4.70. The summed E-state index contributed by atoms with van der Waals surface area (Å²) < 4.78 is 38.5. The molecule has 0 saturated heterocycles. The average molecular weight is 436 g/mol. The number of benzene rings is 1. The van der Waals surface area contributed by atoms with Gasteiger partial charge in [0.25, 0.3) is 0 Å². The van der Waals surface area contributed by atoms with Crippen molar-refractivity contribution in [1.29, 1.82) is 0 Å². The molecule has 0 aliphatic heterocycles. The second-order valence-electron chi connectivity index (χ2n) is 6.70. The molecule has 0 aromatic heterocycles. The topological polar surface area (TPSA) is 113 Å². The van der Waals surface area contributed by atoms with Crippen LogP contribution in [-0.4, -0.2) is 31.4 Å². The summed E-state index contributed by atoms with van der Waals surface area (Å²) in [6, 6.07) is 5.27. The molecule has 0 atom stereocenters. The first kappa shape index (κ1) is 28.1. The molecule has 0 saturated carbocycles. The number of carbonyl (C=O) groups excluding carboxylic acids is 2. The van der Waals surface area contributed by atoms with Crippen LogP contribution in [-0.2, 0) is 19.7 Å². The van der Waals surface area contributed by atoms with Gasteiger partial charge in [-0.2, -0.15) is 0 Å². The van der Waals surface area contributed by atoms with Crippen molar-refractivity contribution in [3.05, 3.63) is 24.3 Å². The Hall–Kier alpha value is -0.930. The zero-order chi connectivity index (χ0) is 20.8. The van der Waals surface area contributed by atoms with Crippen LogP contribution in [0.4, 0.5) is 0 Å². The van der Waals surface area contributed by atoms with E-state index in [-0.39, 0.29) is 47.6 Å². The molecule has 1 N–H and O–H groups in total. The molecule has 1 rings (SSSR count). The Morgan fingerprint density at radius 3 is 2.28 bits per heavy atom. The standard InChI is InChI=1S/C20H31NO6S.Na/c1-2-3-4-5-7-14-19(22)21-16-11-6-8-15-20(23)27-17-12-9-10-13-18(17)28(24,25)26;/h9-10,12-13H,2-8,11,14-16H2,1H3,(H,21,22)(H,24,25,26);/q;+1/p-1. The maximum Gasteiger partial charge on any atom is 1.00 e. The fraction of sp³-hybridized carbons (Fsp3) is 0.600. The van der Waals surface area contributed by atoms with Gasteiger partial charge in [-0.25, -0.2) is 8.42 Å². The summed E-state index contributed by atoms with van der Waals surface area (Å²) in [5.74, 6) is -0.771. The van der Waals surface area contributed by atoms with E-state index in [0.29, 0.717) is 19.4 Å². The van der Waals surface area contributed by atoms with Crippen molar-refractivity contribution in [2.45, 2.75) is 76.0 Å². The van der Waals surface area contributed by atoms with Crippen LogP contribution in [0.2, 0.25) is 0 Å². The third-order valence-corrected chi connectivity index (χ3v) is 5.11. The molecule has 1 amide bonds. The molecule has 0 bridgehead atoms. The van der Waals surface area contributed by atoms with Crippen LogP contribution < -0.4 is 39.6 Å². The number of esters is 1. The first-order valence-corrected chi connectivity index (χ1v) is 11.3. The largest absolute Gasteiger partial charge is 1.00 e. The summed E-state index contributed by atoms with van der Waals surface area (Å²) >= 11 is 0. The van der Waals surface area contributed by atoms with Gasteiger partial charge in [-0.15, -0.1) is 0 Å². The maximum absolute atomic E-state index is 11.8. The van der Waals surface area contributed by atoms with Crippen molar-refractivity contribution in [2.75, 3.05) is 6.54 Å². The van der Waals surface area contributed by atoms with E-state index in [4.69, 9.17) is 4.74 Å². The van der Waals surface area contributed by atoms with E-state index in [1.807, 2.05) is 0 Å². The van der Waals surface area contributed by atoms with Gasteiger partial charge in [-0.1, -0.05) is 51.2 Å². The van der Waals surface area contributed by atoms with E-state index in [2.05, 4.69) is 12.2 Å². The van der Waals surface area contributed by atoms with Crippen LogP contribution in [0, 0.1) is 0 Å². The summed E-state index contributed by atoms with van der Waals surface area (Å²) in [6.45, 7) is 2.72. The molecule has 0 spiro atoms. The van der Waals surface area contributed by atoms with Crippen molar-refractivity contribution < 1.29 is 56.9 Å². The zero-order valence-electron chi connectivity index (χ0n) is 17.4. The minimum Gasteiger partial charge on any atom is -0.744 e. The second kappa shape index (κ2) is 15.8. The molecule has 0 unspecified atom stereocenters. The molecule has 1 aromatic rings. The number of nitrogens with one attached hydrogen (secondary N) is 1. The van der Waals surface area contributed by atoms with E-state index >= 15 is 0 Å². The molecule has 0 fully saturated rings. The number of rotatable bonds is 14. The van der Waals surface area contributed by atoms with E-state index < -0.39 is 21.0 Å². The molecule has 9 heteroatoms. The smallest absolute Gasteiger partial charge is 0.744 e. The Morgan fingerprint density at radius 2 is 1.59 bits per heavy atom. The molecular weight excluding hydrogens is 405 g/mol. The third-order valence-electron chi connectivity index (χ3n) is 4.23. The van der Waals surface area contributed by atoms with Gasteiger partial charge in [0.1, 0.15) is 15.9 Å². The Labute approximate surface area is 196 Å². The summed E-state index contributed by atoms with van der Waals surface area (Å²) in [5, 5.41) is 2.87. The minimum absolute atomic E-state index is 0. The Morgan fingerprint density at radius 1 is 0.966 bits per heavy atom. The van der Waals surface area contributed by atoms with Crippen LogP contribution in [0.3, 0.4) is 0 Å². The molecule has 29 heavy (non-hydrogen) atoms. The Bertz CT molecular complexity index is 723. The van der Waals surface area contributed by atoms with Crippen LogP contribution in [0.25, 0.3) is 0 Å². The number of hydrogen-bond donors (Lipinski definition) is 1. The molecule has 0 aliphatic rings. The average Bonchev–Trinajstić information content (AvgIpc) is 2.64. The van der Waals surface area contributed by atoms with Crippen LogP contribution >= 0.6 is 0 Å². The van der Waals surface area contributed by atoms with Gasteiger partial charge in [0.2, 0.25) is 5.91 Å². The zero-order valence-corrected chi connectivity index (χ0v) is 20.3. The number of ether oxygens (including phenoxy) is 1. The summed E-state index contributed by atoms with van der Waals surface area (Å²) in [5.41, 5.74) is 0. The van der Waals surface area contributed by atoms with Crippen LogP contribution in [0.1, 0.15) is 71.1 Å². The SMILES string of the molecule is CCCCCCCC(=O)NCCCCCC(=O)Oc1ccccc1S(=O)(=O)[O-].[Na+].